The molecule has 0 aliphatic heterocycles. The van der Waals surface area contributed by atoms with Crippen LogP contribution in [-0.4, -0.2) is 11.7 Å². The number of halogens is 1. The zero-order valence-corrected chi connectivity index (χ0v) is 7.83. The van der Waals surface area contributed by atoms with Crippen molar-refractivity contribution in [2.75, 3.05) is 6.61 Å². The highest BCUT2D eigenvalue weighted by atomic mass is 19.1. The lowest BCUT2D eigenvalue weighted by Gasteiger charge is -2.08. The predicted octanol–water partition coefficient (Wildman–Crippen LogP) is 1.89. The van der Waals surface area contributed by atoms with Crippen LogP contribution in [0.4, 0.5) is 4.39 Å². The fourth-order valence-corrected chi connectivity index (χ4v) is 1.06. The Morgan fingerprint density at radius 2 is 2.36 bits per heavy atom. The summed E-state index contributed by atoms with van der Waals surface area (Å²) in [6, 6.07) is 4.26. The van der Waals surface area contributed by atoms with Crippen molar-refractivity contribution in [3.63, 3.8) is 0 Å². The molecular weight excluding hydrogens is 183 g/mol. The molecule has 0 bridgehead atoms. The Labute approximate surface area is 82.3 Å². The van der Waals surface area contributed by atoms with Crippen molar-refractivity contribution in [1.82, 2.24) is 0 Å². The summed E-state index contributed by atoms with van der Waals surface area (Å²) >= 11 is 0. The van der Waals surface area contributed by atoms with Gasteiger partial charge in [0.15, 0.2) is 0 Å². The first-order valence-electron chi connectivity index (χ1n) is 4.19. The summed E-state index contributed by atoms with van der Waals surface area (Å²) in [6.07, 6.45) is 4.16. The van der Waals surface area contributed by atoms with Crippen LogP contribution in [0.1, 0.15) is 18.6 Å². The lowest BCUT2D eigenvalue weighted by molar-refractivity contribution is 0.194. The maximum atomic E-state index is 13.2. The lowest BCUT2D eigenvalue weighted by atomic mass is 10.1. The van der Waals surface area contributed by atoms with Gasteiger partial charge in [-0.15, -0.1) is 6.42 Å². The molecule has 0 saturated heterocycles. The highest BCUT2D eigenvalue weighted by molar-refractivity contribution is 5.30. The van der Waals surface area contributed by atoms with Gasteiger partial charge in [0.25, 0.3) is 0 Å². The van der Waals surface area contributed by atoms with Crippen LogP contribution in [0.2, 0.25) is 0 Å². The Balaban J connectivity index is 2.85. The molecule has 0 aromatic heterocycles. The third-order valence-corrected chi connectivity index (χ3v) is 1.74. The van der Waals surface area contributed by atoms with Gasteiger partial charge in [-0.3, -0.25) is 0 Å². The van der Waals surface area contributed by atoms with E-state index in [1.807, 2.05) is 0 Å². The fourth-order valence-electron chi connectivity index (χ4n) is 1.06. The molecule has 2 nitrogen and oxygen atoms in total. The van der Waals surface area contributed by atoms with Gasteiger partial charge in [-0.25, -0.2) is 4.39 Å². The second-order valence-electron chi connectivity index (χ2n) is 2.85. The van der Waals surface area contributed by atoms with Gasteiger partial charge in [-0.1, -0.05) is 5.92 Å². The van der Waals surface area contributed by atoms with Gasteiger partial charge in [-0.2, -0.15) is 0 Å². The molecule has 0 aliphatic carbocycles. The van der Waals surface area contributed by atoms with Gasteiger partial charge in [0.2, 0.25) is 0 Å². The summed E-state index contributed by atoms with van der Waals surface area (Å²) in [5, 5.41) is 9.16. The van der Waals surface area contributed by atoms with E-state index in [2.05, 4.69) is 5.92 Å². The predicted molar refractivity (Wildman–Crippen MR) is 51.4 cm³/mol. The van der Waals surface area contributed by atoms with E-state index in [-0.39, 0.29) is 12.2 Å². The Bertz CT molecular complexity index is 353. The molecule has 14 heavy (non-hydrogen) atoms. The Morgan fingerprint density at radius 3 is 2.86 bits per heavy atom. The van der Waals surface area contributed by atoms with Gasteiger partial charge in [0, 0.05) is 11.6 Å². The van der Waals surface area contributed by atoms with Crippen molar-refractivity contribution < 1.29 is 14.2 Å². The maximum Gasteiger partial charge on any atom is 0.148 e. The number of hydrogen-bond acceptors (Lipinski definition) is 2. The number of aliphatic hydroxyl groups excluding tert-OH is 1. The van der Waals surface area contributed by atoms with Gasteiger partial charge in [-0.05, 0) is 19.1 Å². The number of ether oxygens (including phenoxy) is 1. The van der Waals surface area contributed by atoms with E-state index in [1.54, 1.807) is 6.07 Å². The molecule has 1 aromatic carbocycles. The van der Waals surface area contributed by atoms with Crippen LogP contribution in [-0.2, 0) is 0 Å². The van der Waals surface area contributed by atoms with Gasteiger partial charge in [0.05, 0.1) is 6.10 Å². The van der Waals surface area contributed by atoms with Crippen LogP contribution in [0.5, 0.6) is 5.75 Å². The largest absolute Gasteiger partial charge is 0.481 e. The van der Waals surface area contributed by atoms with Crippen molar-refractivity contribution in [2.24, 2.45) is 0 Å². The minimum Gasteiger partial charge on any atom is -0.481 e. The zero-order chi connectivity index (χ0) is 10.6. The van der Waals surface area contributed by atoms with Crippen LogP contribution in [0.3, 0.4) is 0 Å². The van der Waals surface area contributed by atoms with Crippen molar-refractivity contribution in [1.29, 1.82) is 0 Å². The minimum absolute atomic E-state index is 0.105. The highest BCUT2D eigenvalue weighted by Gasteiger charge is 2.08. The van der Waals surface area contributed by atoms with E-state index in [9.17, 15) is 4.39 Å². The molecular formula is C11H11FO2. The van der Waals surface area contributed by atoms with Crippen LogP contribution in [0.15, 0.2) is 18.2 Å². The molecule has 0 fully saturated rings. The second-order valence-corrected chi connectivity index (χ2v) is 2.85. The van der Waals surface area contributed by atoms with Gasteiger partial charge in [0.1, 0.15) is 18.2 Å². The fraction of sp³-hybridized carbons (Fsp3) is 0.273. The average Bonchev–Trinajstić information content (AvgIpc) is 2.14. The van der Waals surface area contributed by atoms with Crippen molar-refractivity contribution in [3.05, 3.63) is 29.6 Å². The normalized spacial score (nSPS) is 11.9. The minimum atomic E-state index is -0.823. The molecule has 1 unspecified atom stereocenters. The lowest BCUT2D eigenvalue weighted by Crippen LogP contribution is -1.98. The van der Waals surface area contributed by atoms with Crippen LogP contribution >= 0.6 is 0 Å². The van der Waals surface area contributed by atoms with E-state index in [1.165, 1.54) is 19.1 Å². The first-order chi connectivity index (χ1) is 6.65. The summed E-state index contributed by atoms with van der Waals surface area (Å²) < 4.78 is 18.2. The molecule has 0 radical (unpaired) electrons. The molecule has 0 heterocycles. The SMILES string of the molecule is C#CCOc1ccc(C(C)O)c(F)c1. The van der Waals surface area contributed by atoms with Crippen LogP contribution in [0.25, 0.3) is 0 Å². The second kappa shape index (κ2) is 4.64. The molecule has 0 spiro atoms. The van der Waals surface area contributed by atoms with Crippen molar-refractivity contribution in [2.45, 2.75) is 13.0 Å². The molecule has 0 aliphatic rings. The highest BCUT2D eigenvalue weighted by Crippen LogP contribution is 2.21. The first-order valence-corrected chi connectivity index (χ1v) is 4.19. The van der Waals surface area contributed by atoms with E-state index in [0.717, 1.165) is 0 Å². The summed E-state index contributed by atoms with van der Waals surface area (Å²) in [5.41, 5.74) is 0.248. The van der Waals surface area contributed by atoms with Crippen LogP contribution in [0, 0.1) is 18.2 Å². The molecule has 1 aromatic rings. The van der Waals surface area contributed by atoms with Gasteiger partial charge >= 0.3 is 0 Å². The summed E-state index contributed by atoms with van der Waals surface area (Å²) in [4.78, 5) is 0. The van der Waals surface area contributed by atoms with E-state index >= 15 is 0 Å². The Hall–Kier alpha value is -1.53. The third-order valence-electron chi connectivity index (χ3n) is 1.74. The van der Waals surface area contributed by atoms with Crippen molar-refractivity contribution >= 4 is 0 Å². The average molecular weight is 194 g/mol. The molecule has 0 amide bonds. The molecule has 1 rings (SSSR count). The van der Waals surface area contributed by atoms with Gasteiger partial charge < -0.3 is 9.84 Å². The third kappa shape index (κ3) is 2.48. The molecule has 3 heteroatoms. The number of rotatable bonds is 3. The molecule has 0 saturated carbocycles. The first kappa shape index (κ1) is 10.6. The standard InChI is InChI=1S/C11H11FO2/c1-3-6-14-9-4-5-10(8(2)13)11(12)7-9/h1,4-5,7-8,13H,6H2,2H3. The van der Waals surface area contributed by atoms with Crippen LogP contribution < -0.4 is 4.74 Å². The Kier molecular flexibility index (Phi) is 3.49. The van der Waals surface area contributed by atoms with E-state index < -0.39 is 11.9 Å². The smallest absolute Gasteiger partial charge is 0.148 e. The molecule has 74 valence electrons. The summed E-state index contributed by atoms with van der Waals surface area (Å²) in [7, 11) is 0. The number of terminal acetylenes is 1. The van der Waals surface area contributed by atoms with E-state index in [0.29, 0.717) is 5.75 Å². The van der Waals surface area contributed by atoms with Crippen molar-refractivity contribution in [3.8, 4) is 18.1 Å². The molecule has 1 atom stereocenters. The topological polar surface area (TPSA) is 29.5 Å². The monoisotopic (exact) mass is 194 g/mol. The zero-order valence-electron chi connectivity index (χ0n) is 7.83. The molecule has 1 N–H and O–H groups in total. The Morgan fingerprint density at radius 1 is 1.64 bits per heavy atom. The number of hydrogen-bond donors (Lipinski definition) is 1. The number of benzene rings is 1. The summed E-state index contributed by atoms with van der Waals surface area (Å²) in [6.45, 7) is 1.61. The van der Waals surface area contributed by atoms with E-state index in [4.69, 9.17) is 16.3 Å². The number of aliphatic hydroxyl groups is 1. The summed E-state index contributed by atoms with van der Waals surface area (Å²) in [5.74, 6) is 2.15. The quantitative estimate of drug-likeness (QED) is 0.744. The maximum absolute atomic E-state index is 13.2.